The smallest absolute Gasteiger partial charge is 0.244 e. The first-order chi connectivity index (χ1) is 11.1. The molecule has 1 amide bonds. The molecule has 1 aliphatic rings. The lowest BCUT2D eigenvalue weighted by atomic mass is 10.1. The lowest BCUT2D eigenvalue weighted by molar-refractivity contribution is -0.122. The maximum Gasteiger partial charge on any atom is 0.244 e. The Hall–Kier alpha value is -2.20. The third-order valence-corrected chi connectivity index (χ3v) is 4.55. The van der Waals surface area contributed by atoms with E-state index in [1.54, 1.807) is 12.1 Å². The van der Waals surface area contributed by atoms with Crippen LogP contribution in [0, 0.1) is 5.82 Å². The second-order valence-corrected chi connectivity index (χ2v) is 6.05. The molecule has 0 bridgehead atoms. The number of anilines is 1. The Kier molecular flexibility index (Phi) is 4.44. The molecule has 3 rings (SSSR count). The SMILES string of the molecule is C[C@@H](C(=O)N1CCc2ccccc21)N(C)Cc1ccccc1F. The third-order valence-electron chi connectivity index (χ3n) is 4.55. The summed E-state index contributed by atoms with van der Waals surface area (Å²) >= 11 is 0. The Morgan fingerprint density at radius 1 is 1.22 bits per heavy atom. The van der Waals surface area contributed by atoms with Crippen molar-refractivity contribution in [3.8, 4) is 0 Å². The highest BCUT2D eigenvalue weighted by molar-refractivity contribution is 5.98. The normalized spacial score (nSPS) is 14.9. The van der Waals surface area contributed by atoms with Crippen LogP contribution in [0.1, 0.15) is 18.1 Å². The number of nitrogens with zero attached hydrogens (tertiary/aromatic N) is 2. The number of halogens is 1. The predicted molar refractivity (Wildman–Crippen MR) is 89.8 cm³/mol. The van der Waals surface area contributed by atoms with Gasteiger partial charge < -0.3 is 4.90 Å². The maximum absolute atomic E-state index is 13.8. The minimum atomic E-state index is -0.305. The summed E-state index contributed by atoms with van der Waals surface area (Å²) in [5.74, 6) is -0.167. The number of carbonyl (C=O) groups excluding carboxylic acids is 1. The molecule has 0 saturated heterocycles. The van der Waals surface area contributed by atoms with E-state index in [4.69, 9.17) is 0 Å². The van der Waals surface area contributed by atoms with Crippen molar-refractivity contribution in [1.29, 1.82) is 0 Å². The molecule has 4 heteroatoms. The van der Waals surface area contributed by atoms with Gasteiger partial charge in [0.2, 0.25) is 5.91 Å². The van der Waals surface area contributed by atoms with E-state index in [0.717, 1.165) is 18.7 Å². The summed E-state index contributed by atoms with van der Waals surface area (Å²) < 4.78 is 13.8. The van der Waals surface area contributed by atoms with Gasteiger partial charge in [-0.05, 0) is 38.1 Å². The van der Waals surface area contributed by atoms with Crippen molar-refractivity contribution in [3.05, 3.63) is 65.5 Å². The summed E-state index contributed by atoms with van der Waals surface area (Å²) in [5, 5.41) is 0. The van der Waals surface area contributed by atoms with E-state index in [0.29, 0.717) is 12.1 Å². The molecule has 0 unspecified atom stereocenters. The van der Waals surface area contributed by atoms with Crippen molar-refractivity contribution in [3.63, 3.8) is 0 Å². The van der Waals surface area contributed by atoms with Gasteiger partial charge in [0.1, 0.15) is 5.82 Å². The minimum Gasteiger partial charge on any atom is -0.310 e. The fraction of sp³-hybridized carbons (Fsp3) is 0.316. The summed E-state index contributed by atoms with van der Waals surface area (Å²) in [5.41, 5.74) is 2.82. The highest BCUT2D eigenvalue weighted by Gasteiger charge is 2.29. The third kappa shape index (κ3) is 3.13. The maximum atomic E-state index is 13.8. The van der Waals surface area contributed by atoms with Crippen molar-refractivity contribution >= 4 is 11.6 Å². The Morgan fingerprint density at radius 3 is 2.70 bits per heavy atom. The van der Waals surface area contributed by atoms with Crippen LogP contribution in [0.25, 0.3) is 0 Å². The average molecular weight is 312 g/mol. The highest BCUT2D eigenvalue weighted by atomic mass is 19.1. The largest absolute Gasteiger partial charge is 0.310 e. The number of rotatable bonds is 4. The van der Waals surface area contributed by atoms with E-state index in [2.05, 4.69) is 6.07 Å². The van der Waals surface area contributed by atoms with E-state index in [-0.39, 0.29) is 17.8 Å². The first-order valence-electron chi connectivity index (χ1n) is 7.91. The predicted octanol–water partition coefficient (Wildman–Crippen LogP) is 3.24. The summed E-state index contributed by atoms with van der Waals surface area (Å²) in [6.07, 6.45) is 0.895. The van der Waals surface area contributed by atoms with Crippen LogP contribution >= 0.6 is 0 Å². The number of benzene rings is 2. The van der Waals surface area contributed by atoms with Gasteiger partial charge in [-0.2, -0.15) is 0 Å². The number of amides is 1. The van der Waals surface area contributed by atoms with E-state index >= 15 is 0 Å². The van der Waals surface area contributed by atoms with Gasteiger partial charge in [0.05, 0.1) is 6.04 Å². The molecule has 0 aliphatic carbocycles. The minimum absolute atomic E-state index is 0.0637. The van der Waals surface area contributed by atoms with Gasteiger partial charge in [-0.15, -0.1) is 0 Å². The Balaban J connectivity index is 1.72. The standard InChI is InChI=1S/C19H21FN2O/c1-14(21(2)13-16-8-3-5-9-17(16)20)19(23)22-12-11-15-7-4-6-10-18(15)22/h3-10,14H,11-13H2,1-2H3/t14-/m0/s1. The van der Waals surface area contributed by atoms with E-state index < -0.39 is 0 Å². The van der Waals surface area contributed by atoms with Crippen LogP contribution in [0.4, 0.5) is 10.1 Å². The number of likely N-dealkylation sites (N-methyl/N-ethyl adjacent to an activating group) is 1. The molecule has 2 aromatic rings. The monoisotopic (exact) mass is 312 g/mol. The molecule has 0 saturated carbocycles. The fourth-order valence-corrected chi connectivity index (χ4v) is 3.01. The van der Waals surface area contributed by atoms with Gasteiger partial charge >= 0.3 is 0 Å². The molecule has 120 valence electrons. The van der Waals surface area contributed by atoms with Crippen LogP contribution < -0.4 is 4.90 Å². The molecule has 3 nitrogen and oxygen atoms in total. The van der Waals surface area contributed by atoms with E-state index in [1.807, 2.05) is 48.0 Å². The highest BCUT2D eigenvalue weighted by Crippen LogP contribution is 2.28. The van der Waals surface area contributed by atoms with E-state index in [1.165, 1.54) is 11.6 Å². The molecular weight excluding hydrogens is 291 g/mol. The first-order valence-corrected chi connectivity index (χ1v) is 7.91. The van der Waals surface area contributed by atoms with Crippen molar-refractivity contribution in [2.24, 2.45) is 0 Å². The number of para-hydroxylation sites is 1. The number of hydrogen-bond donors (Lipinski definition) is 0. The van der Waals surface area contributed by atoms with Crippen LogP contribution in [0.15, 0.2) is 48.5 Å². The zero-order valence-corrected chi connectivity index (χ0v) is 13.5. The molecule has 1 heterocycles. The zero-order valence-electron chi connectivity index (χ0n) is 13.5. The molecule has 0 N–H and O–H groups in total. The van der Waals surface area contributed by atoms with Crippen molar-refractivity contribution in [2.75, 3.05) is 18.5 Å². The van der Waals surface area contributed by atoms with Crippen molar-refractivity contribution in [2.45, 2.75) is 25.9 Å². The number of hydrogen-bond acceptors (Lipinski definition) is 2. The fourth-order valence-electron chi connectivity index (χ4n) is 3.01. The summed E-state index contributed by atoms with van der Waals surface area (Å²) in [7, 11) is 1.86. The zero-order chi connectivity index (χ0) is 16.4. The van der Waals surface area contributed by atoms with E-state index in [9.17, 15) is 9.18 Å². The second kappa shape index (κ2) is 6.50. The molecule has 0 spiro atoms. The second-order valence-electron chi connectivity index (χ2n) is 6.05. The van der Waals surface area contributed by atoms with Gasteiger partial charge in [0.15, 0.2) is 0 Å². The lowest BCUT2D eigenvalue weighted by Gasteiger charge is -2.28. The Labute approximate surface area is 136 Å². The number of carbonyl (C=O) groups is 1. The quantitative estimate of drug-likeness (QED) is 0.865. The molecular formula is C19H21FN2O. The molecule has 0 fully saturated rings. The van der Waals surface area contributed by atoms with Crippen molar-refractivity contribution < 1.29 is 9.18 Å². The molecule has 1 aliphatic heterocycles. The van der Waals surface area contributed by atoms with Gasteiger partial charge in [0.25, 0.3) is 0 Å². The van der Waals surface area contributed by atoms with Crippen LogP contribution in [0.3, 0.4) is 0 Å². The number of fused-ring (bicyclic) bond motifs is 1. The van der Waals surface area contributed by atoms with Gasteiger partial charge in [-0.3, -0.25) is 9.69 Å². The lowest BCUT2D eigenvalue weighted by Crippen LogP contribution is -2.45. The topological polar surface area (TPSA) is 23.6 Å². The van der Waals surface area contributed by atoms with Gasteiger partial charge in [-0.25, -0.2) is 4.39 Å². The molecule has 0 aromatic heterocycles. The molecule has 0 radical (unpaired) electrons. The first kappa shape index (κ1) is 15.7. The van der Waals surface area contributed by atoms with Crippen LogP contribution in [-0.2, 0) is 17.8 Å². The molecule has 1 atom stereocenters. The average Bonchev–Trinajstić information content (AvgIpc) is 2.99. The summed E-state index contributed by atoms with van der Waals surface area (Å²) in [6, 6.07) is 14.4. The van der Waals surface area contributed by atoms with Crippen LogP contribution in [0.5, 0.6) is 0 Å². The van der Waals surface area contributed by atoms with Gasteiger partial charge in [0, 0.05) is 24.3 Å². The summed E-state index contributed by atoms with van der Waals surface area (Å²) in [4.78, 5) is 16.6. The molecule has 2 aromatic carbocycles. The van der Waals surface area contributed by atoms with Gasteiger partial charge in [-0.1, -0.05) is 36.4 Å². The Bertz CT molecular complexity index is 716. The van der Waals surface area contributed by atoms with Crippen LogP contribution in [-0.4, -0.2) is 30.4 Å². The molecule has 23 heavy (non-hydrogen) atoms. The Morgan fingerprint density at radius 2 is 1.91 bits per heavy atom. The summed E-state index contributed by atoms with van der Waals surface area (Å²) in [6.45, 7) is 3.01. The van der Waals surface area contributed by atoms with Crippen LogP contribution in [0.2, 0.25) is 0 Å². The van der Waals surface area contributed by atoms with Crippen molar-refractivity contribution in [1.82, 2.24) is 4.90 Å².